The number of nitrogen functional groups attached to an aromatic ring is 1. The predicted octanol–water partition coefficient (Wildman–Crippen LogP) is 3.42. The average Bonchev–Trinajstić information content (AvgIpc) is 3.21. The van der Waals surface area contributed by atoms with Crippen molar-refractivity contribution in [1.82, 2.24) is 30.4 Å². The van der Waals surface area contributed by atoms with E-state index < -0.39 is 5.54 Å². The van der Waals surface area contributed by atoms with E-state index in [-0.39, 0.29) is 11.0 Å². The van der Waals surface area contributed by atoms with Crippen molar-refractivity contribution in [3.63, 3.8) is 0 Å². The van der Waals surface area contributed by atoms with E-state index in [1.807, 2.05) is 55.8 Å². The van der Waals surface area contributed by atoms with Gasteiger partial charge in [-0.2, -0.15) is 5.10 Å². The number of amides is 1. The Hall–Kier alpha value is -3.85. The van der Waals surface area contributed by atoms with Crippen LogP contribution in [0.5, 0.6) is 0 Å². The minimum absolute atomic E-state index is 0.237. The number of thiocarbonyl (C=S) groups is 1. The van der Waals surface area contributed by atoms with Gasteiger partial charge in [-0.3, -0.25) is 10.1 Å². The van der Waals surface area contributed by atoms with Crippen LogP contribution >= 0.6 is 12.2 Å². The molecule has 0 bridgehead atoms. The van der Waals surface area contributed by atoms with Crippen LogP contribution in [0, 0.1) is 6.92 Å². The van der Waals surface area contributed by atoms with E-state index in [1.54, 1.807) is 24.3 Å². The van der Waals surface area contributed by atoms with E-state index in [0.717, 1.165) is 16.8 Å². The Morgan fingerprint density at radius 2 is 1.79 bits per heavy atom. The van der Waals surface area contributed by atoms with Crippen LogP contribution in [0.2, 0.25) is 0 Å². The summed E-state index contributed by atoms with van der Waals surface area (Å²) >= 11 is 5.34. The van der Waals surface area contributed by atoms with Crippen LogP contribution in [-0.2, 0) is 5.54 Å². The van der Waals surface area contributed by atoms with Crippen molar-refractivity contribution in [3.05, 3.63) is 72.1 Å². The minimum Gasteiger partial charge on any atom is -0.383 e. The molecule has 0 aliphatic heterocycles. The van der Waals surface area contributed by atoms with Crippen LogP contribution in [0.25, 0.3) is 22.3 Å². The van der Waals surface area contributed by atoms with E-state index in [4.69, 9.17) is 23.1 Å². The highest BCUT2D eigenvalue weighted by Gasteiger charge is 2.28. The lowest BCUT2D eigenvalue weighted by atomic mass is 10.1. The van der Waals surface area contributed by atoms with E-state index >= 15 is 0 Å². The molecule has 1 amide bonds. The highest BCUT2D eigenvalue weighted by Crippen LogP contribution is 2.32. The number of nitrogens with two attached hydrogens (primary N) is 1. The summed E-state index contributed by atoms with van der Waals surface area (Å²) in [5.74, 6) is 0.105. The summed E-state index contributed by atoms with van der Waals surface area (Å²) in [6, 6.07) is 17.0. The molecule has 2 aromatic carbocycles. The van der Waals surface area contributed by atoms with Crippen molar-refractivity contribution in [2.75, 3.05) is 12.3 Å². The standard InChI is InChI=1S/C24H25N7OS/c1-15-9-11-16(12-10-15)19-18-20(25)27-14-28-21(18)31(30-19)24(2,3)13-26-23(33)29-22(32)17-7-5-4-6-8-17/h4-12,14H,13H2,1-3H3,(H2,25,27,28)(H2,26,29,32,33). The first kappa shape index (κ1) is 22.3. The first-order valence-electron chi connectivity index (χ1n) is 10.5. The summed E-state index contributed by atoms with van der Waals surface area (Å²) in [7, 11) is 0. The van der Waals surface area contributed by atoms with Crippen molar-refractivity contribution < 1.29 is 4.79 Å². The quantitative estimate of drug-likeness (QED) is 0.392. The highest BCUT2D eigenvalue weighted by molar-refractivity contribution is 7.80. The van der Waals surface area contributed by atoms with Crippen LogP contribution in [0.4, 0.5) is 5.82 Å². The normalized spacial score (nSPS) is 11.4. The second-order valence-corrected chi connectivity index (χ2v) is 8.81. The third kappa shape index (κ3) is 4.68. The lowest BCUT2D eigenvalue weighted by molar-refractivity contribution is 0.0976. The molecule has 4 aromatic rings. The molecule has 0 spiro atoms. The number of hydrogen-bond donors (Lipinski definition) is 3. The van der Waals surface area contributed by atoms with Crippen LogP contribution in [-0.4, -0.2) is 37.3 Å². The number of hydrogen-bond acceptors (Lipinski definition) is 6. The largest absolute Gasteiger partial charge is 0.383 e. The molecule has 4 rings (SSSR count). The number of carbonyl (C=O) groups excluding carboxylic acids is 1. The molecule has 0 saturated carbocycles. The maximum Gasteiger partial charge on any atom is 0.257 e. The third-order valence-electron chi connectivity index (χ3n) is 5.34. The van der Waals surface area contributed by atoms with Gasteiger partial charge in [-0.25, -0.2) is 14.6 Å². The number of benzene rings is 2. The van der Waals surface area contributed by atoms with E-state index in [1.165, 1.54) is 6.33 Å². The summed E-state index contributed by atoms with van der Waals surface area (Å²) in [6.07, 6.45) is 1.43. The van der Waals surface area contributed by atoms with Gasteiger partial charge in [-0.1, -0.05) is 48.0 Å². The SMILES string of the molecule is Cc1ccc(-c2nn(C(C)(C)CNC(=S)NC(=O)c3ccccc3)c3ncnc(N)c23)cc1. The Kier molecular flexibility index (Phi) is 6.06. The van der Waals surface area contributed by atoms with Gasteiger partial charge in [0.2, 0.25) is 0 Å². The number of anilines is 1. The van der Waals surface area contributed by atoms with Crippen molar-refractivity contribution in [1.29, 1.82) is 0 Å². The number of aromatic nitrogens is 4. The fourth-order valence-electron chi connectivity index (χ4n) is 3.49. The van der Waals surface area contributed by atoms with Gasteiger partial charge in [0.25, 0.3) is 5.91 Å². The smallest absolute Gasteiger partial charge is 0.257 e. The molecule has 8 nitrogen and oxygen atoms in total. The second-order valence-electron chi connectivity index (χ2n) is 8.40. The topological polar surface area (TPSA) is 111 Å². The van der Waals surface area contributed by atoms with Crippen molar-refractivity contribution in [3.8, 4) is 11.3 Å². The van der Waals surface area contributed by atoms with Crippen molar-refractivity contribution >= 4 is 40.1 Å². The van der Waals surface area contributed by atoms with Gasteiger partial charge in [0.05, 0.1) is 10.9 Å². The first-order valence-corrected chi connectivity index (χ1v) is 10.9. The zero-order valence-corrected chi connectivity index (χ0v) is 19.5. The fourth-order valence-corrected chi connectivity index (χ4v) is 3.66. The molecular formula is C24H25N7OS. The number of rotatable bonds is 5. The molecule has 0 saturated heterocycles. The van der Waals surface area contributed by atoms with E-state index in [9.17, 15) is 4.79 Å². The summed E-state index contributed by atoms with van der Waals surface area (Å²) < 4.78 is 1.82. The van der Waals surface area contributed by atoms with Gasteiger partial charge < -0.3 is 11.1 Å². The van der Waals surface area contributed by atoms with Crippen molar-refractivity contribution in [2.45, 2.75) is 26.3 Å². The molecule has 33 heavy (non-hydrogen) atoms. The zero-order chi connectivity index (χ0) is 23.6. The maximum absolute atomic E-state index is 12.4. The number of nitrogens with one attached hydrogen (secondary N) is 2. The molecule has 0 atom stereocenters. The molecule has 0 aliphatic rings. The number of fused-ring (bicyclic) bond motifs is 1. The highest BCUT2D eigenvalue weighted by atomic mass is 32.1. The van der Waals surface area contributed by atoms with Gasteiger partial charge >= 0.3 is 0 Å². The summed E-state index contributed by atoms with van der Waals surface area (Å²) in [5.41, 5.74) is 9.64. The van der Waals surface area contributed by atoms with Gasteiger partial charge in [0, 0.05) is 17.7 Å². The average molecular weight is 460 g/mol. The lowest BCUT2D eigenvalue weighted by Gasteiger charge is -2.26. The van der Waals surface area contributed by atoms with Crippen LogP contribution in [0.3, 0.4) is 0 Å². The lowest BCUT2D eigenvalue weighted by Crippen LogP contribution is -2.46. The molecule has 0 unspecified atom stereocenters. The molecule has 0 fully saturated rings. The van der Waals surface area contributed by atoms with Crippen LogP contribution < -0.4 is 16.4 Å². The summed E-state index contributed by atoms with van der Waals surface area (Å²) in [6.45, 7) is 6.44. The molecule has 168 valence electrons. The number of carbonyl (C=O) groups is 1. The molecule has 4 N–H and O–H groups in total. The fraction of sp³-hybridized carbons (Fsp3) is 0.208. The van der Waals surface area contributed by atoms with Gasteiger partial charge in [-0.05, 0) is 45.1 Å². The zero-order valence-electron chi connectivity index (χ0n) is 18.7. The molecule has 2 aromatic heterocycles. The Labute approximate surface area is 197 Å². The number of nitrogens with zero attached hydrogens (tertiary/aromatic N) is 4. The minimum atomic E-state index is -0.552. The van der Waals surface area contributed by atoms with E-state index in [0.29, 0.717) is 29.0 Å². The van der Waals surface area contributed by atoms with Crippen LogP contribution in [0.15, 0.2) is 60.9 Å². The van der Waals surface area contributed by atoms with Gasteiger partial charge in [-0.15, -0.1) is 0 Å². The third-order valence-corrected chi connectivity index (χ3v) is 5.58. The molecule has 2 heterocycles. The van der Waals surface area contributed by atoms with E-state index in [2.05, 4.69) is 20.6 Å². The van der Waals surface area contributed by atoms with Gasteiger partial charge in [0.1, 0.15) is 17.8 Å². The molecule has 0 radical (unpaired) electrons. The second kappa shape index (κ2) is 8.95. The Morgan fingerprint density at radius 3 is 2.48 bits per heavy atom. The van der Waals surface area contributed by atoms with Crippen LogP contribution in [0.1, 0.15) is 29.8 Å². The number of aryl methyl sites for hydroxylation is 1. The monoisotopic (exact) mass is 459 g/mol. The Balaban J connectivity index is 1.58. The Bertz CT molecular complexity index is 1310. The predicted molar refractivity (Wildman–Crippen MR) is 134 cm³/mol. The summed E-state index contributed by atoms with van der Waals surface area (Å²) in [5, 5.41) is 11.6. The van der Waals surface area contributed by atoms with Gasteiger partial charge in [0.15, 0.2) is 10.8 Å². The van der Waals surface area contributed by atoms with Crippen molar-refractivity contribution in [2.24, 2.45) is 0 Å². The molecular weight excluding hydrogens is 434 g/mol. The summed E-state index contributed by atoms with van der Waals surface area (Å²) in [4.78, 5) is 21.0. The molecule has 9 heteroatoms. The molecule has 0 aliphatic carbocycles. The maximum atomic E-state index is 12.4. The first-order chi connectivity index (χ1) is 15.8. The Morgan fingerprint density at radius 1 is 1.09 bits per heavy atom.